The fraction of sp³-hybridized carbons (Fsp3) is 0.143. The van der Waals surface area contributed by atoms with Crippen molar-refractivity contribution in [2.45, 2.75) is 13.8 Å². The smallest absolute Gasteiger partial charge is 0.194 e. The summed E-state index contributed by atoms with van der Waals surface area (Å²) in [6.45, 7) is 3.91. The minimum Gasteiger partial charge on any atom is -0.358 e. The Bertz CT molecular complexity index is 561. The summed E-state index contributed by atoms with van der Waals surface area (Å²) < 4.78 is 0. The molecule has 17 heavy (non-hydrogen) atoms. The van der Waals surface area contributed by atoms with E-state index in [0.29, 0.717) is 23.1 Å². The van der Waals surface area contributed by atoms with E-state index in [4.69, 9.17) is 0 Å². The number of hydrogen-bond acceptors (Lipinski definition) is 2. The largest absolute Gasteiger partial charge is 0.358 e. The van der Waals surface area contributed by atoms with E-state index in [9.17, 15) is 9.59 Å². The van der Waals surface area contributed by atoms with Crippen molar-refractivity contribution in [1.82, 2.24) is 4.98 Å². The van der Waals surface area contributed by atoms with Crippen molar-refractivity contribution < 1.29 is 9.59 Å². The number of rotatable bonds is 3. The molecule has 1 N–H and O–H groups in total. The second kappa shape index (κ2) is 4.37. The van der Waals surface area contributed by atoms with Crippen LogP contribution in [0.2, 0.25) is 0 Å². The summed E-state index contributed by atoms with van der Waals surface area (Å²) in [5.41, 5.74) is 3.69. The molecule has 0 radical (unpaired) electrons. The molecule has 0 aliphatic rings. The second-order valence-corrected chi connectivity index (χ2v) is 4.17. The van der Waals surface area contributed by atoms with Crippen LogP contribution in [-0.4, -0.2) is 17.1 Å². The third kappa shape index (κ3) is 2.33. The standard InChI is InChI=1S/C14H13NO2/c1-9-3-10(2)5-11(4-9)14(17)12-6-13(8-16)15-7-12/h3-8,15H,1-2H3. The fourth-order valence-electron chi connectivity index (χ4n) is 1.88. The number of aromatic amines is 1. The summed E-state index contributed by atoms with van der Waals surface area (Å²) >= 11 is 0. The number of carbonyl (C=O) groups excluding carboxylic acids is 2. The number of aldehydes is 1. The Labute approximate surface area is 99.5 Å². The molecule has 86 valence electrons. The molecule has 0 spiro atoms. The van der Waals surface area contributed by atoms with Gasteiger partial charge in [0.25, 0.3) is 0 Å². The lowest BCUT2D eigenvalue weighted by molar-refractivity contribution is 0.103. The summed E-state index contributed by atoms with van der Waals surface area (Å²) in [7, 11) is 0. The maximum Gasteiger partial charge on any atom is 0.194 e. The fourth-order valence-corrected chi connectivity index (χ4v) is 1.88. The van der Waals surface area contributed by atoms with Crippen LogP contribution in [-0.2, 0) is 0 Å². The molecule has 1 aromatic carbocycles. The molecule has 0 saturated carbocycles. The van der Waals surface area contributed by atoms with Crippen molar-refractivity contribution in [3.63, 3.8) is 0 Å². The number of carbonyl (C=O) groups is 2. The van der Waals surface area contributed by atoms with Crippen LogP contribution in [0.4, 0.5) is 0 Å². The van der Waals surface area contributed by atoms with Crippen LogP contribution in [0.15, 0.2) is 30.5 Å². The van der Waals surface area contributed by atoms with Gasteiger partial charge >= 0.3 is 0 Å². The highest BCUT2D eigenvalue weighted by Crippen LogP contribution is 2.14. The second-order valence-electron chi connectivity index (χ2n) is 4.17. The van der Waals surface area contributed by atoms with Gasteiger partial charge in [-0.05, 0) is 32.0 Å². The monoisotopic (exact) mass is 227 g/mol. The Morgan fingerprint density at radius 3 is 2.24 bits per heavy atom. The SMILES string of the molecule is Cc1cc(C)cc(C(=O)c2c[nH]c(C=O)c2)c1. The van der Waals surface area contributed by atoms with Crippen LogP contribution in [0.5, 0.6) is 0 Å². The molecular weight excluding hydrogens is 214 g/mol. The number of hydrogen-bond donors (Lipinski definition) is 1. The van der Waals surface area contributed by atoms with Gasteiger partial charge in [-0.25, -0.2) is 0 Å². The highest BCUT2D eigenvalue weighted by Gasteiger charge is 2.11. The Morgan fingerprint density at radius 1 is 1.06 bits per heavy atom. The molecule has 1 aromatic heterocycles. The highest BCUT2D eigenvalue weighted by atomic mass is 16.1. The number of aryl methyl sites for hydroxylation is 2. The third-order valence-corrected chi connectivity index (χ3v) is 2.58. The summed E-state index contributed by atoms with van der Waals surface area (Å²) in [5, 5.41) is 0. The lowest BCUT2D eigenvalue weighted by Gasteiger charge is -2.02. The summed E-state index contributed by atoms with van der Waals surface area (Å²) in [6, 6.07) is 7.28. The first-order valence-corrected chi connectivity index (χ1v) is 5.37. The van der Waals surface area contributed by atoms with Crippen LogP contribution in [0.3, 0.4) is 0 Å². The molecule has 0 aliphatic heterocycles. The first-order valence-electron chi connectivity index (χ1n) is 5.37. The normalized spacial score (nSPS) is 10.2. The van der Waals surface area contributed by atoms with Crippen LogP contribution in [0, 0.1) is 13.8 Å². The first-order chi connectivity index (χ1) is 8.10. The van der Waals surface area contributed by atoms with E-state index in [-0.39, 0.29) is 5.78 Å². The van der Waals surface area contributed by atoms with E-state index >= 15 is 0 Å². The summed E-state index contributed by atoms with van der Waals surface area (Å²) in [6.07, 6.45) is 2.25. The molecule has 0 saturated heterocycles. The maximum absolute atomic E-state index is 12.1. The molecule has 0 aliphatic carbocycles. The zero-order chi connectivity index (χ0) is 12.4. The van der Waals surface area contributed by atoms with E-state index in [2.05, 4.69) is 4.98 Å². The molecule has 0 amide bonds. The average molecular weight is 227 g/mol. The summed E-state index contributed by atoms with van der Waals surface area (Å²) in [4.78, 5) is 25.4. The Kier molecular flexibility index (Phi) is 2.91. The minimum absolute atomic E-state index is 0.0684. The number of H-pyrrole nitrogens is 1. The third-order valence-electron chi connectivity index (χ3n) is 2.58. The molecule has 2 rings (SSSR count). The number of nitrogens with one attached hydrogen (secondary N) is 1. The van der Waals surface area contributed by atoms with Gasteiger partial charge in [0, 0.05) is 17.3 Å². The first kappa shape index (κ1) is 11.3. The van der Waals surface area contributed by atoms with Crippen molar-refractivity contribution in [3.8, 4) is 0 Å². The predicted octanol–water partition coefficient (Wildman–Crippen LogP) is 2.68. The van der Waals surface area contributed by atoms with Crippen LogP contribution < -0.4 is 0 Å². The van der Waals surface area contributed by atoms with Gasteiger partial charge in [0.15, 0.2) is 12.1 Å². The number of ketones is 1. The van der Waals surface area contributed by atoms with Gasteiger partial charge in [-0.1, -0.05) is 17.2 Å². The van der Waals surface area contributed by atoms with E-state index in [1.807, 2.05) is 32.0 Å². The predicted molar refractivity (Wildman–Crippen MR) is 65.5 cm³/mol. The Morgan fingerprint density at radius 2 is 1.71 bits per heavy atom. The lowest BCUT2D eigenvalue weighted by Crippen LogP contribution is -2.00. The highest BCUT2D eigenvalue weighted by molar-refractivity contribution is 6.09. The summed E-state index contributed by atoms with van der Waals surface area (Å²) in [5.74, 6) is -0.0684. The van der Waals surface area contributed by atoms with Gasteiger partial charge in [-0.3, -0.25) is 9.59 Å². The van der Waals surface area contributed by atoms with Crippen molar-refractivity contribution >= 4 is 12.1 Å². The van der Waals surface area contributed by atoms with Crippen molar-refractivity contribution in [2.75, 3.05) is 0 Å². The lowest BCUT2D eigenvalue weighted by atomic mass is 10.0. The van der Waals surface area contributed by atoms with E-state index in [1.165, 1.54) is 0 Å². The van der Waals surface area contributed by atoms with Crippen molar-refractivity contribution in [1.29, 1.82) is 0 Å². The molecule has 3 nitrogen and oxygen atoms in total. The van der Waals surface area contributed by atoms with E-state index in [0.717, 1.165) is 11.1 Å². The van der Waals surface area contributed by atoms with Gasteiger partial charge < -0.3 is 4.98 Å². The van der Waals surface area contributed by atoms with Gasteiger partial charge in [0.05, 0.1) is 5.69 Å². The zero-order valence-corrected chi connectivity index (χ0v) is 9.78. The molecule has 0 fully saturated rings. The Balaban J connectivity index is 2.39. The molecule has 0 atom stereocenters. The van der Waals surface area contributed by atoms with Crippen molar-refractivity contribution in [3.05, 3.63) is 58.4 Å². The average Bonchev–Trinajstić information content (AvgIpc) is 2.75. The quantitative estimate of drug-likeness (QED) is 0.647. The molecule has 0 unspecified atom stereocenters. The molecule has 3 heteroatoms. The van der Waals surface area contributed by atoms with Crippen LogP contribution in [0.25, 0.3) is 0 Å². The molecule has 0 bridgehead atoms. The number of benzene rings is 1. The minimum atomic E-state index is -0.0684. The van der Waals surface area contributed by atoms with E-state index < -0.39 is 0 Å². The van der Waals surface area contributed by atoms with Crippen molar-refractivity contribution in [2.24, 2.45) is 0 Å². The van der Waals surface area contributed by atoms with Crippen LogP contribution in [0.1, 0.15) is 37.5 Å². The molecule has 1 heterocycles. The van der Waals surface area contributed by atoms with Gasteiger partial charge in [0.1, 0.15) is 0 Å². The number of aromatic nitrogens is 1. The van der Waals surface area contributed by atoms with Gasteiger partial charge in [-0.2, -0.15) is 0 Å². The van der Waals surface area contributed by atoms with Gasteiger partial charge in [0.2, 0.25) is 0 Å². The molecule has 2 aromatic rings. The molecular formula is C14H13NO2. The zero-order valence-electron chi connectivity index (χ0n) is 9.78. The maximum atomic E-state index is 12.1. The van der Waals surface area contributed by atoms with Gasteiger partial charge in [-0.15, -0.1) is 0 Å². The van der Waals surface area contributed by atoms with Crippen LogP contribution >= 0.6 is 0 Å². The van der Waals surface area contributed by atoms with E-state index in [1.54, 1.807) is 12.3 Å². The topological polar surface area (TPSA) is 49.9 Å². The Hall–Kier alpha value is -2.16.